The largest absolute Gasteiger partial charge is 0.370 e. The maximum atomic E-state index is 5.75. The number of nitrogens with two attached hydrogens (primary N) is 1. The first-order valence-electron chi connectivity index (χ1n) is 4.68. The number of aliphatic imine (C=N–C) groups is 1. The number of guanidine groups is 1. The third-order valence-electron chi connectivity index (χ3n) is 1.59. The Morgan fingerprint density at radius 3 is 2.62 bits per heavy atom. The lowest BCUT2D eigenvalue weighted by molar-refractivity contribution is 0.508. The minimum Gasteiger partial charge on any atom is -0.370 e. The Morgan fingerprint density at radius 1 is 1.56 bits per heavy atom. The van der Waals surface area contributed by atoms with E-state index in [1.807, 2.05) is 11.4 Å². The molecule has 92 valence electrons. The summed E-state index contributed by atoms with van der Waals surface area (Å²) in [5.41, 5.74) is 5.71. The molecule has 0 saturated carbocycles. The van der Waals surface area contributed by atoms with E-state index in [9.17, 15) is 0 Å². The van der Waals surface area contributed by atoms with Crippen LogP contribution in [0.5, 0.6) is 0 Å². The van der Waals surface area contributed by atoms with Crippen molar-refractivity contribution in [3.8, 4) is 0 Å². The predicted molar refractivity (Wildman–Crippen MR) is 85.6 cm³/mol. The highest BCUT2D eigenvalue weighted by Gasteiger charge is 2.09. The molecule has 0 aliphatic rings. The normalized spacial score (nSPS) is 12.1. The van der Waals surface area contributed by atoms with E-state index in [2.05, 4.69) is 47.0 Å². The minimum atomic E-state index is -0.0414. The number of nitrogens with zero attached hydrogens (tertiary/aromatic N) is 1. The van der Waals surface area contributed by atoms with Crippen LogP contribution in [0, 0.1) is 0 Å². The fraction of sp³-hybridized carbons (Fsp3) is 0.500. The molecule has 0 saturated heterocycles. The van der Waals surface area contributed by atoms with E-state index in [-0.39, 0.29) is 29.5 Å². The molecule has 16 heavy (non-hydrogen) atoms. The molecule has 0 spiro atoms. The van der Waals surface area contributed by atoms with Crippen LogP contribution in [0.1, 0.15) is 25.6 Å². The lowest BCUT2D eigenvalue weighted by atomic mass is 10.1. The van der Waals surface area contributed by atoms with Gasteiger partial charge in [-0.25, -0.2) is 4.99 Å². The fourth-order valence-electron chi connectivity index (χ4n) is 1.02. The van der Waals surface area contributed by atoms with Crippen molar-refractivity contribution in [3.63, 3.8) is 0 Å². The predicted octanol–water partition coefficient (Wildman–Crippen LogP) is 3.33. The third-order valence-corrected chi connectivity index (χ3v) is 3.50. The van der Waals surface area contributed by atoms with E-state index >= 15 is 0 Å². The maximum absolute atomic E-state index is 5.75. The Labute approximate surface area is 126 Å². The first kappa shape index (κ1) is 16.2. The summed E-state index contributed by atoms with van der Waals surface area (Å²) in [5, 5.41) is 5.15. The Kier molecular flexibility index (Phi) is 6.88. The molecule has 0 aliphatic carbocycles. The van der Waals surface area contributed by atoms with Gasteiger partial charge in [0.25, 0.3) is 0 Å². The summed E-state index contributed by atoms with van der Waals surface area (Å²) in [5.74, 6) is 0.489. The topological polar surface area (TPSA) is 50.4 Å². The van der Waals surface area contributed by atoms with E-state index in [0.29, 0.717) is 12.5 Å². The Balaban J connectivity index is 0.00000225. The Morgan fingerprint density at radius 2 is 2.19 bits per heavy atom. The first-order valence-corrected chi connectivity index (χ1v) is 6.36. The van der Waals surface area contributed by atoms with Gasteiger partial charge in [-0.2, -0.15) is 0 Å². The molecule has 0 aliphatic heterocycles. The van der Waals surface area contributed by atoms with Gasteiger partial charge in [0.1, 0.15) is 0 Å². The van der Waals surface area contributed by atoms with E-state index in [4.69, 9.17) is 5.73 Å². The zero-order chi connectivity index (χ0) is 11.5. The number of thiophene rings is 1. The van der Waals surface area contributed by atoms with Gasteiger partial charge >= 0.3 is 0 Å². The number of nitrogens with one attached hydrogen (secondary N) is 1. The zero-order valence-corrected chi connectivity index (χ0v) is 14.3. The average Bonchev–Trinajstić information content (AvgIpc) is 2.44. The van der Waals surface area contributed by atoms with Crippen molar-refractivity contribution in [2.75, 3.05) is 0 Å². The second-order valence-corrected chi connectivity index (χ2v) is 6.12. The van der Waals surface area contributed by atoms with Gasteiger partial charge in [0.2, 0.25) is 0 Å². The molecule has 0 radical (unpaired) electrons. The summed E-state index contributed by atoms with van der Waals surface area (Å²) in [6.45, 7) is 6.77. The maximum Gasteiger partial charge on any atom is 0.189 e. The molecule has 1 heterocycles. The van der Waals surface area contributed by atoms with Gasteiger partial charge < -0.3 is 11.1 Å². The van der Waals surface area contributed by atoms with Gasteiger partial charge in [-0.05, 0) is 48.1 Å². The van der Waals surface area contributed by atoms with Gasteiger partial charge in [0.15, 0.2) is 5.96 Å². The lowest BCUT2D eigenvalue weighted by Gasteiger charge is -2.20. The zero-order valence-electron chi connectivity index (χ0n) is 9.58. The minimum absolute atomic E-state index is 0. The lowest BCUT2D eigenvalue weighted by Crippen LogP contribution is -2.44. The summed E-state index contributed by atoms with van der Waals surface area (Å²) in [6, 6.07) is 2.02. The van der Waals surface area contributed by atoms with Gasteiger partial charge in [0, 0.05) is 14.9 Å². The smallest absolute Gasteiger partial charge is 0.189 e. The number of halogens is 2. The molecular weight excluding hydrogens is 401 g/mol. The fourth-order valence-corrected chi connectivity index (χ4v) is 2.42. The van der Waals surface area contributed by atoms with E-state index in [1.165, 1.54) is 4.88 Å². The second-order valence-electron chi connectivity index (χ2n) is 4.27. The average molecular weight is 418 g/mol. The molecule has 0 amide bonds. The molecule has 6 heteroatoms. The molecule has 0 fully saturated rings. The monoisotopic (exact) mass is 417 g/mol. The van der Waals surface area contributed by atoms with Gasteiger partial charge in [-0.3, -0.25) is 0 Å². The Bertz CT molecular complexity index is 357. The van der Waals surface area contributed by atoms with Crippen molar-refractivity contribution in [2.24, 2.45) is 10.7 Å². The molecule has 0 unspecified atom stereocenters. The first-order chi connectivity index (χ1) is 6.88. The van der Waals surface area contributed by atoms with Crippen molar-refractivity contribution in [2.45, 2.75) is 32.9 Å². The van der Waals surface area contributed by atoms with E-state index in [1.54, 1.807) is 11.3 Å². The number of rotatable bonds is 2. The van der Waals surface area contributed by atoms with Crippen LogP contribution in [0.3, 0.4) is 0 Å². The Hall–Kier alpha value is 0.180. The van der Waals surface area contributed by atoms with Crippen LogP contribution in [0.15, 0.2) is 20.9 Å². The second kappa shape index (κ2) is 6.80. The summed E-state index contributed by atoms with van der Waals surface area (Å²) >= 11 is 5.13. The van der Waals surface area contributed by atoms with Crippen molar-refractivity contribution in [3.05, 3.63) is 20.8 Å². The van der Waals surface area contributed by atoms with E-state index in [0.717, 1.165) is 4.47 Å². The molecule has 1 aromatic heterocycles. The number of hydrogen-bond acceptors (Lipinski definition) is 2. The highest BCUT2D eigenvalue weighted by molar-refractivity contribution is 14.0. The van der Waals surface area contributed by atoms with Crippen molar-refractivity contribution in [1.82, 2.24) is 5.32 Å². The molecule has 3 N–H and O–H groups in total. The molecule has 3 nitrogen and oxygen atoms in total. The van der Waals surface area contributed by atoms with Crippen LogP contribution in [0.2, 0.25) is 0 Å². The van der Waals surface area contributed by atoms with Crippen LogP contribution < -0.4 is 11.1 Å². The van der Waals surface area contributed by atoms with Crippen molar-refractivity contribution < 1.29 is 0 Å². The quantitative estimate of drug-likeness (QED) is 0.440. The highest BCUT2D eigenvalue weighted by Crippen LogP contribution is 2.23. The van der Waals surface area contributed by atoms with Crippen molar-refractivity contribution in [1.29, 1.82) is 0 Å². The molecule has 0 bridgehead atoms. The van der Waals surface area contributed by atoms with Gasteiger partial charge in [0.05, 0.1) is 6.54 Å². The van der Waals surface area contributed by atoms with Crippen molar-refractivity contribution >= 4 is 57.2 Å². The summed E-state index contributed by atoms with van der Waals surface area (Å²) in [4.78, 5) is 5.47. The summed E-state index contributed by atoms with van der Waals surface area (Å²) in [7, 11) is 0. The molecular formula is C10H17BrIN3S. The van der Waals surface area contributed by atoms with Gasteiger partial charge in [-0.15, -0.1) is 35.3 Å². The summed E-state index contributed by atoms with van der Waals surface area (Å²) in [6.07, 6.45) is 0. The van der Waals surface area contributed by atoms with Crippen LogP contribution in [-0.2, 0) is 6.54 Å². The third kappa shape index (κ3) is 6.05. The molecule has 0 atom stereocenters. The SMILES string of the molecule is CC(C)(C)NC(N)=NCc1sccc1Br.I. The van der Waals surface area contributed by atoms with E-state index < -0.39 is 0 Å². The van der Waals surface area contributed by atoms with Crippen LogP contribution >= 0.6 is 51.2 Å². The standard InChI is InChI=1S/C10H16BrN3S.HI/c1-10(2,3)14-9(12)13-6-8-7(11)4-5-15-8;/h4-5H,6H2,1-3H3,(H3,12,13,14);1H. The summed E-state index contributed by atoms with van der Waals surface area (Å²) < 4.78 is 1.10. The van der Waals surface area contributed by atoms with Crippen LogP contribution in [0.4, 0.5) is 0 Å². The molecule has 0 aromatic carbocycles. The van der Waals surface area contributed by atoms with Crippen LogP contribution in [-0.4, -0.2) is 11.5 Å². The van der Waals surface area contributed by atoms with Gasteiger partial charge in [-0.1, -0.05) is 0 Å². The molecule has 1 rings (SSSR count). The van der Waals surface area contributed by atoms with Crippen LogP contribution in [0.25, 0.3) is 0 Å². The molecule has 1 aromatic rings. The number of hydrogen-bond donors (Lipinski definition) is 2. The highest BCUT2D eigenvalue weighted by atomic mass is 127.